The van der Waals surface area contributed by atoms with Gasteiger partial charge in [0.2, 0.25) is 0 Å². The molecule has 0 aliphatic heterocycles. The molecule has 0 saturated heterocycles. The Bertz CT molecular complexity index is 313. The predicted molar refractivity (Wildman–Crippen MR) is 68.1 cm³/mol. The van der Waals surface area contributed by atoms with Crippen LogP contribution in [-0.2, 0) is 0 Å². The van der Waals surface area contributed by atoms with Crippen molar-refractivity contribution in [3.05, 3.63) is 28.2 Å². The molecule has 2 nitrogen and oxygen atoms in total. The van der Waals surface area contributed by atoms with Crippen molar-refractivity contribution in [2.24, 2.45) is 0 Å². The normalized spacial score (nSPS) is 10.7. The third kappa shape index (κ3) is 4.74. The van der Waals surface area contributed by atoms with Crippen LogP contribution in [0.4, 0.5) is 5.69 Å². The monoisotopic (exact) mass is 246 g/mol. The van der Waals surface area contributed by atoms with Crippen molar-refractivity contribution in [2.45, 2.75) is 19.9 Å². The first kappa shape index (κ1) is 12.6. The Morgan fingerprint density at radius 2 is 1.93 bits per heavy atom. The molecule has 0 unspecified atom stereocenters. The molecule has 0 spiro atoms. The van der Waals surface area contributed by atoms with Crippen LogP contribution in [0.25, 0.3) is 0 Å². The minimum absolute atomic E-state index is 0.502. The van der Waals surface area contributed by atoms with E-state index in [1.807, 2.05) is 6.07 Å². The zero-order valence-electron chi connectivity index (χ0n) is 8.98. The molecule has 0 fully saturated rings. The maximum Gasteiger partial charge on any atom is 0.0638 e. The van der Waals surface area contributed by atoms with Gasteiger partial charge in [-0.05, 0) is 18.2 Å². The molecule has 15 heavy (non-hydrogen) atoms. The van der Waals surface area contributed by atoms with Gasteiger partial charge in [-0.15, -0.1) is 0 Å². The summed E-state index contributed by atoms with van der Waals surface area (Å²) in [5, 5.41) is 7.93. The van der Waals surface area contributed by atoms with Crippen LogP contribution < -0.4 is 10.6 Å². The first-order valence-corrected chi connectivity index (χ1v) is 5.77. The Labute approximate surface area is 101 Å². The first-order chi connectivity index (χ1) is 7.09. The highest BCUT2D eigenvalue weighted by Gasteiger charge is 2.00. The predicted octanol–water partition coefficient (Wildman–Crippen LogP) is 3.40. The van der Waals surface area contributed by atoms with Gasteiger partial charge in [-0.3, -0.25) is 0 Å². The van der Waals surface area contributed by atoms with E-state index in [9.17, 15) is 0 Å². The summed E-state index contributed by atoms with van der Waals surface area (Å²) in [7, 11) is 0. The van der Waals surface area contributed by atoms with Crippen LogP contribution in [-0.4, -0.2) is 19.1 Å². The second kappa shape index (κ2) is 6.21. The van der Waals surface area contributed by atoms with E-state index in [4.69, 9.17) is 23.2 Å². The number of benzene rings is 1. The van der Waals surface area contributed by atoms with Crippen molar-refractivity contribution >= 4 is 28.9 Å². The summed E-state index contributed by atoms with van der Waals surface area (Å²) in [5.41, 5.74) is 0.884. The molecule has 84 valence electrons. The van der Waals surface area contributed by atoms with Crippen molar-refractivity contribution in [1.82, 2.24) is 5.32 Å². The van der Waals surface area contributed by atoms with Crippen LogP contribution in [0, 0.1) is 0 Å². The van der Waals surface area contributed by atoms with Gasteiger partial charge in [0.15, 0.2) is 0 Å². The largest absolute Gasteiger partial charge is 0.383 e. The quantitative estimate of drug-likeness (QED) is 0.779. The molecule has 0 saturated carbocycles. The molecule has 1 aromatic rings. The van der Waals surface area contributed by atoms with Crippen LogP contribution in [0.5, 0.6) is 0 Å². The van der Waals surface area contributed by atoms with Gasteiger partial charge in [-0.25, -0.2) is 0 Å². The van der Waals surface area contributed by atoms with Crippen LogP contribution in [0.3, 0.4) is 0 Å². The van der Waals surface area contributed by atoms with Crippen molar-refractivity contribution < 1.29 is 0 Å². The Morgan fingerprint density at radius 1 is 1.20 bits per heavy atom. The molecule has 1 aromatic carbocycles. The molecule has 2 N–H and O–H groups in total. The summed E-state index contributed by atoms with van der Waals surface area (Å²) in [6.45, 7) is 5.97. The molecule has 0 heterocycles. The van der Waals surface area contributed by atoms with Gasteiger partial charge in [0, 0.05) is 24.2 Å². The third-order valence-electron chi connectivity index (χ3n) is 1.92. The van der Waals surface area contributed by atoms with Gasteiger partial charge in [0.05, 0.1) is 10.7 Å². The lowest BCUT2D eigenvalue weighted by Gasteiger charge is -2.11. The summed E-state index contributed by atoms with van der Waals surface area (Å²) < 4.78 is 0. The zero-order valence-corrected chi connectivity index (χ0v) is 10.5. The molecule has 0 aromatic heterocycles. The fourth-order valence-electron chi connectivity index (χ4n) is 1.19. The third-order valence-corrected chi connectivity index (χ3v) is 2.49. The fourth-order valence-corrected chi connectivity index (χ4v) is 1.55. The SMILES string of the molecule is CC(C)NCCNc1cc(Cl)ccc1Cl. The first-order valence-electron chi connectivity index (χ1n) is 5.02. The van der Waals surface area contributed by atoms with Crippen molar-refractivity contribution in [3.8, 4) is 0 Å². The van der Waals surface area contributed by atoms with Crippen molar-refractivity contribution in [2.75, 3.05) is 18.4 Å². The van der Waals surface area contributed by atoms with E-state index in [0.29, 0.717) is 16.1 Å². The van der Waals surface area contributed by atoms with Crippen molar-refractivity contribution in [1.29, 1.82) is 0 Å². The van der Waals surface area contributed by atoms with Crippen molar-refractivity contribution in [3.63, 3.8) is 0 Å². The van der Waals surface area contributed by atoms with Crippen LogP contribution >= 0.6 is 23.2 Å². The highest BCUT2D eigenvalue weighted by molar-refractivity contribution is 6.35. The van der Waals surface area contributed by atoms with Gasteiger partial charge >= 0.3 is 0 Å². The molecule has 0 atom stereocenters. The smallest absolute Gasteiger partial charge is 0.0638 e. The summed E-state index contributed by atoms with van der Waals surface area (Å²) in [6, 6.07) is 5.91. The summed E-state index contributed by atoms with van der Waals surface area (Å²) in [5.74, 6) is 0. The lowest BCUT2D eigenvalue weighted by Crippen LogP contribution is -2.28. The van der Waals surface area contributed by atoms with Gasteiger partial charge in [0.1, 0.15) is 0 Å². The number of anilines is 1. The van der Waals surface area contributed by atoms with Crippen LogP contribution in [0.2, 0.25) is 10.0 Å². The topological polar surface area (TPSA) is 24.1 Å². The lowest BCUT2D eigenvalue weighted by molar-refractivity contribution is 0.602. The fraction of sp³-hybridized carbons (Fsp3) is 0.455. The zero-order chi connectivity index (χ0) is 11.3. The van der Waals surface area contributed by atoms with Gasteiger partial charge < -0.3 is 10.6 Å². The molecular weight excluding hydrogens is 231 g/mol. The van der Waals surface area contributed by atoms with E-state index in [1.165, 1.54) is 0 Å². The lowest BCUT2D eigenvalue weighted by atomic mass is 10.3. The number of hydrogen-bond donors (Lipinski definition) is 2. The van der Waals surface area contributed by atoms with E-state index in [2.05, 4.69) is 24.5 Å². The Balaban J connectivity index is 2.40. The van der Waals surface area contributed by atoms with E-state index < -0.39 is 0 Å². The molecule has 0 aliphatic rings. The number of hydrogen-bond acceptors (Lipinski definition) is 2. The van der Waals surface area contributed by atoms with E-state index >= 15 is 0 Å². The Kier molecular flexibility index (Phi) is 5.23. The molecule has 0 radical (unpaired) electrons. The number of halogens is 2. The van der Waals surface area contributed by atoms with Crippen LogP contribution in [0.15, 0.2) is 18.2 Å². The minimum Gasteiger partial charge on any atom is -0.383 e. The standard InChI is InChI=1S/C11H16Cl2N2/c1-8(2)14-5-6-15-11-7-9(12)3-4-10(11)13/h3-4,7-8,14-15H,5-6H2,1-2H3. The molecule has 1 rings (SSSR count). The molecule has 0 bridgehead atoms. The number of rotatable bonds is 5. The minimum atomic E-state index is 0.502. The highest BCUT2D eigenvalue weighted by atomic mass is 35.5. The summed E-state index contributed by atoms with van der Waals surface area (Å²) in [4.78, 5) is 0. The average Bonchev–Trinajstić information content (AvgIpc) is 2.17. The Morgan fingerprint density at radius 3 is 2.60 bits per heavy atom. The molecule has 0 amide bonds. The Hall–Kier alpha value is -0.440. The number of nitrogens with one attached hydrogen (secondary N) is 2. The molecule has 0 aliphatic carbocycles. The summed E-state index contributed by atoms with van der Waals surface area (Å²) >= 11 is 11.9. The molecular formula is C11H16Cl2N2. The van der Waals surface area contributed by atoms with Crippen LogP contribution in [0.1, 0.15) is 13.8 Å². The maximum atomic E-state index is 6.00. The van der Waals surface area contributed by atoms with Gasteiger partial charge in [-0.1, -0.05) is 37.0 Å². The highest BCUT2D eigenvalue weighted by Crippen LogP contribution is 2.24. The second-order valence-electron chi connectivity index (χ2n) is 3.66. The second-order valence-corrected chi connectivity index (χ2v) is 4.50. The average molecular weight is 247 g/mol. The van der Waals surface area contributed by atoms with Gasteiger partial charge in [0.25, 0.3) is 0 Å². The van der Waals surface area contributed by atoms with Gasteiger partial charge in [-0.2, -0.15) is 0 Å². The molecule has 4 heteroatoms. The maximum absolute atomic E-state index is 6.00. The van der Waals surface area contributed by atoms with E-state index in [1.54, 1.807) is 12.1 Å². The van der Waals surface area contributed by atoms with E-state index in [-0.39, 0.29) is 0 Å². The summed E-state index contributed by atoms with van der Waals surface area (Å²) in [6.07, 6.45) is 0. The van der Waals surface area contributed by atoms with E-state index in [0.717, 1.165) is 18.8 Å².